The number of para-hydroxylation sites is 3. The minimum Gasteiger partial charge on any atom is -0.309 e. The van der Waals surface area contributed by atoms with Crippen LogP contribution in [0.2, 0.25) is 0 Å². The number of hydrogen-bond acceptors (Lipinski definition) is 2. The van der Waals surface area contributed by atoms with Gasteiger partial charge >= 0.3 is 0 Å². The topological polar surface area (TPSA) is 35.6 Å². The smallest absolute Gasteiger partial charge is 0.161 e. The third-order valence-corrected chi connectivity index (χ3v) is 10.1. The van der Waals surface area contributed by atoms with Crippen molar-refractivity contribution in [3.8, 4) is 34.0 Å². The Balaban J connectivity index is 1.38. The predicted molar refractivity (Wildman–Crippen MR) is 194 cm³/mol. The fourth-order valence-electron chi connectivity index (χ4n) is 7.92. The lowest BCUT2D eigenvalue weighted by molar-refractivity contribution is 0.635. The van der Waals surface area contributed by atoms with E-state index in [0.29, 0.717) is 0 Å². The van der Waals surface area contributed by atoms with Crippen molar-refractivity contribution in [2.75, 3.05) is 0 Å². The first-order valence-corrected chi connectivity index (χ1v) is 16.2. The second-order valence-corrected chi connectivity index (χ2v) is 13.1. The van der Waals surface area contributed by atoms with E-state index >= 15 is 0 Å². The molecule has 9 aromatic rings. The lowest BCUT2D eigenvalue weighted by Gasteiger charge is -2.21. The monoisotopic (exact) mass is 602 g/mol. The van der Waals surface area contributed by atoms with Crippen molar-refractivity contribution in [1.82, 2.24) is 19.1 Å². The molecule has 3 aromatic heterocycles. The van der Waals surface area contributed by atoms with E-state index in [-0.39, 0.29) is 5.41 Å². The van der Waals surface area contributed by atoms with Gasteiger partial charge in [0.2, 0.25) is 0 Å². The third-order valence-electron chi connectivity index (χ3n) is 10.1. The molecular formula is C43H30N4. The Morgan fingerprint density at radius 3 is 1.74 bits per heavy atom. The van der Waals surface area contributed by atoms with E-state index in [4.69, 9.17) is 9.97 Å². The van der Waals surface area contributed by atoms with Crippen LogP contribution in [0.5, 0.6) is 0 Å². The van der Waals surface area contributed by atoms with Crippen molar-refractivity contribution in [3.05, 3.63) is 157 Å². The van der Waals surface area contributed by atoms with Gasteiger partial charge in [-0.25, -0.2) is 9.97 Å². The maximum atomic E-state index is 5.46. The lowest BCUT2D eigenvalue weighted by Crippen LogP contribution is -2.18. The first kappa shape index (κ1) is 26.2. The van der Waals surface area contributed by atoms with Crippen molar-refractivity contribution in [2.45, 2.75) is 19.3 Å². The van der Waals surface area contributed by atoms with Gasteiger partial charge < -0.3 is 4.57 Å². The minimum absolute atomic E-state index is 0.276. The van der Waals surface area contributed by atoms with Crippen LogP contribution in [0.4, 0.5) is 0 Å². The van der Waals surface area contributed by atoms with Crippen molar-refractivity contribution in [1.29, 1.82) is 0 Å². The van der Waals surface area contributed by atoms with Gasteiger partial charge in [-0.3, -0.25) is 4.57 Å². The molecule has 4 nitrogen and oxygen atoms in total. The van der Waals surface area contributed by atoms with Crippen molar-refractivity contribution < 1.29 is 0 Å². The van der Waals surface area contributed by atoms with Crippen LogP contribution in [0.15, 0.2) is 146 Å². The number of aromatic nitrogens is 4. The molecule has 0 spiro atoms. The highest BCUT2D eigenvalue weighted by molar-refractivity contribution is 6.19. The zero-order valence-corrected chi connectivity index (χ0v) is 26.1. The highest BCUT2D eigenvalue weighted by atomic mass is 15.1. The summed E-state index contributed by atoms with van der Waals surface area (Å²) in [6.07, 6.45) is 0. The Morgan fingerprint density at radius 1 is 0.489 bits per heavy atom. The molecule has 3 heterocycles. The first-order valence-electron chi connectivity index (χ1n) is 16.2. The molecule has 0 amide bonds. The third kappa shape index (κ3) is 3.58. The van der Waals surface area contributed by atoms with Gasteiger partial charge in [0, 0.05) is 43.8 Å². The summed E-state index contributed by atoms with van der Waals surface area (Å²) in [6, 6.07) is 52.0. The van der Waals surface area contributed by atoms with Gasteiger partial charge in [-0.1, -0.05) is 123 Å². The van der Waals surface area contributed by atoms with Crippen LogP contribution in [0.25, 0.3) is 77.6 Å². The lowest BCUT2D eigenvalue weighted by atomic mass is 9.85. The Labute approximate surface area is 272 Å². The zero-order valence-electron chi connectivity index (χ0n) is 26.1. The zero-order chi connectivity index (χ0) is 31.3. The van der Waals surface area contributed by atoms with Crippen LogP contribution in [-0.4, -0.2) is 19.1 Å². The summed E-state index contributed by atoms with van der Waals surface area (Å²) in [7, 11) is 0. The van der Waals surface area contributed by atoms with Crippen LogP contribution in [-0.2, 0) is 5.41 Å². The molecular weight excluding hydrogens is 573 g/mol. The van der Waals surface area contributed by atoms with Gasteiger partial charge in [0.1, 0.15) is 5.82 Å². The minimum atomic E-state index is -0.276. The summed E-state index contributed by atoms with van der Waals surface area (Å²) in [4.78, 5) is 10.8. The summed E-state index contributed by atoms with van der Waals surface area (Å²) in [6.45, 7) is 4.58. The molecule has 0 saturated heterocycles. The molecule has 0 fully saturated rings. The SMILES string of the molecule is CC1(C)c2ccccc2-c2c(-n3c4ccccc4c4cc5c(cc43)c3ccccc3n5-c3ccccc3)nc(-c3ccccc3)nc21. The van der Waals surface area contributed by atoms with E-state index in [1.807, 2.05) is 6.07 Å². The Bertz CT molecular complexity index is 2700. The molecule has 0 aliphatic heterocycles. The predicted octanol–water partition coefficient (Wildman–Crippen LogP) is 10.6. The molecule has 0 saturated carbocycles. The highest BCUT2D eigenvalue weighted by Gasteiger charge is 2.40. The molecule has 0 radical (unpaired) electrons. The Hall–Kier alpha value is -6.00. The number of nitrogens with zero attached hydrogens (tertiary/aromatic N) is 4. The van der Waals surface area contributed by atoms with E-state index in [0.717, 1.165) is 45.2 Å². The molecule has 6 aromatic carbocycles. The van der Waals surface area contributed by atoms with Crippen molar-refractivity contribution >= 4 is 43.6 Å². The number of hydrogen-bond donors (Lipinski definition) is 0. The van der Waals surface area contributed by atoms with Gasteiger partial charge in [0.05, 0.1) is 27.8 Å². The summed E-state index contributed by atoms with van der Waals surface area (Å²) in [5.74, 6) is 1.66. The van der Waals surface area contributed by atoms with Crippen LogP contribution < -0.4 is 0 Å². The van der Waals surface area contributed by atoms with Gasteiger partial charge in [-0.2, -0.15) is 0 Å². The molecule has 47 heavy (non-hydrogen) atoms. The van der Waals surface area contributed by atoms with E-state index in [1.165, 1.54) is 43.7 Å². The van der Waals surface area contributed by atoms with Gasteiger partial charge in [0.15, 0.2) is 5.82 Å². The maximum absolute atomic E-state index is 5.46. The molecule has 0 bridgehead atoms. The maximum Gasteiger partial charge on any atom is 0.161 e. The summed E-state index contributed by atoms with van der Waals surface area (Å²) in [5, 5.41) is 4.85. The Kier molecular flexibility index (Phi) is 5.31. The van der Waals surface area contributed by atoms with E-state index < -0.39 is 0 Å². The second-order valence-electron chi connectivity index (χ2n) is 13.1. The molecule has 1 aliphatic carbocycles. The molecule has 0 unspecified atom stereocenters. The number of fused-ring (bicyclic) bond motifs is 9. The van der Waals surface area contributed by atoms with Crippen LogP contribution in [0.1, 0.15) is 25.1 Å². The normalized spacial score (nSPS) is 13.5. The summed E-state index contributed by atoms with van der Waals surface area (Å²) < 4.78 is 4.79. The number of benzene rings is 6. The van der Waals surface area contributed by atoms with Crippen molar-refractivity contribution in [3.63, 3.8) is 0 Å². The fraction of sp³-hybridized carbons (Fsp3) is 0.0698. The van der Waals surface area contributed by atoms with Crippen LogP contribution in [0.3, 0.4) is 0 Å². The van der Waals surface area contributed by atoms with E-state index in [2.05, 4.69) is 163 Å². The second kappa shape index (κ2) is 9.51. The largest absolute Gasteiger partial charge is 0.309 e. The van der Waals surface area contributed by atoms with Gasteiger partial charge in [-0.15, -0.1) is 0 Å². The molecule has 0 atom stereocenters. The molecule has 4 heteroatoms. The standard InChI is InChI=1S/C43H30N4/c1-43(2)34-22-12-9-21-31(34)39-40(43)44-41(27-15-5-3-6-16-27)45-42(39)47-36-24-14-11-20-30(36)33-25-37-32(26-38(33)47)29-19-10-13-23-35(29)46(37)28-17-7-4-8-18-28/h3-26H,1-2H3. The highest BCUT2D eigenvalue weighted by Crippen LogP contribution is 2.51. The first-order chi connectivity index (χ1) is 23.1. The number of rotatable bonds is 3. The average Bonchev–Trinajstić information content (AvgIpc) is 3.71. The molecule has 222 valence electrons. The summed E-state index contributed by atoms with van der Waals surface area (Å²) in [5.41, 5.74) is 11.2. The van der Waals surface area contributed by atoms with Crippen LogP contribution >= 0.6 is 0 Å². The average molecular weight is 603 g/mol. The van der Waals surface area contributed by atoms with Gasteiger partial charge in [-0.05, 0) is 47.5 Å². The van der Waals surface area contributed by atoms with Gasteiger partial charge in [0.25, 0.3) is 0 Å². The quantitative estimate of drug-likeness (QED) is 0.202. The molecule has 0 N–H and O–H groups in total. The van der Waals surface area contributed by atoms with E-state index in [1.54, 1.807) is 0 Å². The summed E-state index contributed by atoms with van der Waals surface area (Å²) >= 11 is 0. The fourth-order valence-corrected chi connectivity index (χ4v) is 7.92. The van der Waals surface area contributed by atoms with E-state index in [9.17, 15) is 0 Å². The Morgan fingerprint density at radius 2 is 1.04 bits per heavy atom. The molecule has 1 aliphatic rings. The van der Waals surface area contributed by atoms with Crippen LogP contribution in [0, 0.1) is 0 Å². The molecule has 10 rings (SSSR count). The van der Waals surface area contributed by atoms with Crippen molar-refractivity contribution in [2.24, 2.45) is 0 Å².